The smallest absolute Gasteiger partial charge is 0.123 e. The molecule has 2 heteroatoms. The Kier molecular flexibility index (Phi) is 4.47. The van der Waals surface area contributed by atoms with E-state index in [2.05, 4.69) is 12.2 Å². The Bertz CT molecular complexity index is 248. The molecule has 13 heavy (non-hydrogen) atoms. The van der Waals surface area contributed by atoms with E-state index in [1.165, 1.54) is 6.07 Å². The minimum absolute atomic E-state index is 0.138. The molecular weight excluding hydrogens is 165 g/mol. The fraction of sp³-hybridized carbons (Fsp3) is 0.455. The molecule has 0 saturated heterocycles. The molecule has 0 spiro atoms. The van der Waals surface area contributed by atoms with E-state index in [1.54, 1.807) is 12.1 Å². The number of halogens is 1. The normalized spacial score (nSPS) is 10.3. The molecule has 0 fully saturated rings. The summed E-state index contributed by atoms with van der Waals surface area (Å²) in [7, 11) is 0. The summed E-state index contributed by atoms with van der Waals surface area (Å²) in [6.45, 7) is 4.10. The highest BCUT2D eigenvalue weighted by molar-refractivity contribution is 5.16. The first-order chi connectivity index (χ1) is 6.33. The topological polar surface area (TPSA) is 12.0 Å². The lowest BCUT2D eigenvalue weighted by Gasteiger charge is -2.02. The van der Waals surface area contributed by atoms with E-state index >= 15 is 0 Å². The van der Waals surface area contributed by atoms with Gasteiger partial charge in [0.1, 0.15) is 5.82 Å². The molecule has 0 amide bonds. The number of nitrogens with one attached hydrogen (secondary N) is 1. The second kappa shape index (κ2) is 5.70. The molecule has 1 aromatic carbocycles. The average Bonchev–Trinajstić information content (AvgIpc) is 2.13. The number of hydrogen-bond acceptors (Lipinski definition) is 1. The molecule has 0 aliphatic heterocycles. The van der Waals surface area contributed by atoms with Crippen LogP contribution in [0.25, 0.3) is 0 Å². The van der Waals surface area contributed by atoms with Crippen molar-refractivity contribution in [1.29, 1.82) is 0 Å². The van der Waals surface area contributed by atoms with Gasteiger partial charge in [-0.05, 0) is 43.6 Å². The van der Waals surface area contributed by atoms with Gasteiger partial charge in [-0.25, -0.2) is 4.39 Å². The molecule has 1 nitrogen and oxygen atoms in total. The van der Waals surface area contributed by atoms with Gasteiger partial charge in [-0.1, -0.05) is 19.1 Å². The molecule has 0 aliphatic rings. The van der Waals surface area contributed by atoms with Crippen molar-refractivity contribution in [3.05, 3.63) is 35.6 Å². The highest BCUT2D eigenvalue weighted by Gasteiger charge is 1.94. The Morgan fingerprint density at radius 1 is 1.38 bits per heavy atom. The summed E-state index contributed by atoms with van der Waals surface area (Å²) in [6.07, 6.45) is 2.02. The molecule has 1 N–H and O–H groups in total. The second-order valence-corrected chi connectivity index (χ2v) is 3.09. The van der Waals surface area contributed by atoms with E-state index in [-0.39, 0.29) is 5.82 Å². The lowest BCUT2D eigenvalue weighted by Crippen LogP contribution is -2.14. The van der Waals surface area contributed by atoms with Gasteiger partial charge in [-0.2, -0.15) is 0 Å². The highest BCUT2D eigenvalue weighted by atomic mass is 19.1. The monoisotopic (exact) mass is 181 g/mol. The SMILES string of the molecule is CCNCCCc1cccc(F)c1. The molecule has 0 saturated carbocycles. The van der Waals surface area contributed by atoms with Crippen LogP contribution in [-0.4, -0.2) is 13.1 Å². The Labute approximate surface area is 79.0 Å². The van der Waals surface area contributed by atoms with Crippen LogP contribution in [0.3, 0.4) is 0 Å². The van der Waals surface area contributed by atoms with Crippen LogP contribution >= 0.6 is 0 Å². The Hall–Kier alpha value is -0.890. The van der Waals surface area contributed by atoms with Gasteiger partial charge in [-0.15, -0.1) is 0 Å². The third-order valence-corrected chi connectivity index (χ3v) is 1.96. The predicted octanol–water partition coefficient (Wildman–Crippen LogP) is 2.37. The van der Waals surface area contributed by atoms with Crippen molar-refractivity contribution >= 4 is 0 Å². The maximum atomic E-state index is 12.7. The molecule has 0 heterocycles. The van der Waals surface area contributed by atoms with Crippen LogP contribution in [0, 0.1) is 5.82 Å². The summed E-state index contributed by atoms with van der Waals surface area (Å²) in [6, 6.07) is 6.81. The van der Waals surface area contributed by atoms with Crippen molar-refractivity contribution in [2.45, 2.75) is 19.8 Å². The van der Waals surface area contributed by atoms with E-state index < -0.39 is 0 Å². The summed E-state index contributed by atoms with van der Waals surface area (Å²) in [5, 5.41) is 3.24. The maximum absolute atomic E-state index is 12.7. The maximum Gasteiger partial charge on any atom is 0.123 e. The molecule has 0 atom stereocenters. The second-order valence-electron chi connectivity index (χ2n) is 3.09. The van der Waals surface area contributed by atoms with Gasteiger partial charge < -0.3 is 5.32 Å². The summed E-state index contributed by atoms with van der Waals surface area (Å²) < 4.78 is 12.7. The van der Waals surface area contributed by atoms with Crippen molar-refractivity contribution < 1.29 is 4.39 Å². The summed E-state index contributed by atoms with van der Waals surface area (Å²) >= 11 is 0. The van der Waals surface area contributed by atoms with E-state index in [4.69, 9.17) is 0 Å². The van der Waals surface area contributed by atoms with Crippen molar-refractivity contribution in [1.82, 2.24) is 5.32 Å². The average molecular weight is 181 g/mol. The molecule has 0 aliphatic carbocycles. The van der Waals surface area contributed by atoms with E-state index in [1.807, 2.05) is 6.07 Å². The largest absolute Gasteiger partial charge is 0.317 e. The van der Waals surface area contributed by atoms with Gasteiger partial charge in [0.05, 0.1) is 0 Å². The highest BCUT2D eigenvalue weighted by Crippen LogP contribution is 2.05. The zero-order chi connectivity index (χ0) is 9.52. The van der Waals surface area contributed by atoms with Crippen LogP contribution in [0.1, 0.15) is 18.9 Å². The number of benzene rings is 1. The fourth-order valence-electron chi connectivity index (χ4n) is 1.29. The minimum atomic E-state index is -0.138. The van der Waals surface area contributed by atoms with Crippen LogP contribution < -0.4 is 5.32 Å². The standard InChI is InChI=1S/C11H16FN/c1-2-13-8-4-6-10-5-3-7-11(12)9-10/h3,5,7,9,13H,2,4,6,8H2,1H3. The van der Waals surface area contributed by atoms with E-state index in [9.17, 15) is 4.39 Å². The fourth-order valence-corrected chi connectivity index (χ4v) is 1.29. The van der Waals surface area contributed by atoms with Gasteiger partial charge in [0.2, 0.25) is 0 Å². The molecule has 0 radical (unpaired) electrons. The van der Waals surface area contributed by atoms with Gasteiger partial charge in [0.25, 0.3) is 0 Å². The zero-order valence-corrected chi connectivity index (χ0v) is 8.02. The lowest BCUT2D eigenvalue weighted by molar-refractivity contribution is 0.622. The third-order valence-electron chi connectivity index (χ3n) is 1.96. The summed E-state index contributed by atoms with van der Waals surface area (Å²) in [5.41, 5.74) is 1.08. The van der Waals surface area contributed by atoms with Crippen molar-refractivity contribution in [3.8, 4) is 0 Å². The molecule has 0 aromatic heterocycles. The molecule has 0 unspecified atom stereocenters. The lowest BCUT2D eigenvalue weighted by atomic mass is 10.1. The molecule has 72 valence electrons. The van der Waals surface area contributed by atoms with E-state index in [0.29, 0.717) is 0 Å². The predicted molar refractivity (Wildman–Crippen MR) is 53.3 cm³/mol. The van der Waals surface area contributed by atoms with Crippen molar-refractivity contribution in [3.63, 3.8) is 0 Å². The van der Waals surface area contributed by atoms with Gasteiger partial charge in [0, 0.05) is 0 Å². The first-order valence-corrected chi connectivity index (χ1v) is 4.78. The van der Waals surface area contributed by atoms with Crippen LogP contribution in [-0.2, 0) is 6.42 Å². The van der Waals surface area contributed by atoms with E-state index in [0.717, 1.165) is 31.5 Å². The number of rotatable bonds is 5. The van der Waals surface area contributed by atoms with Crippen LogP contribution in [0.2, 0.25) is 0 Å². The van der Waals surface area contributed by atoms with Gasteiger partial charge >= 0.3 is 0 Å². The number of hydrogen-bond donors (Lipinski definition) is 1. The van der Waals surface area contributed by atoms with Gasteiger partial charge in [0.15, 0.2) is 0 Å². The van der Waals surface area contributed by atoms with Gasteiger partial charge in [-0.3, -0.25) is 0 Å². The molecule has 1 rings (SSSR count). The van der Waals surface area contributed by atoms with Crippen molar-refractivity contribution in [2.75, 3.05) is 13.1 Å². The Morgan fingerprint density at radius 3 is 2.92 bits per heavy atom. The molecular formula is C11H16FN. The quantitative estimate of drug-likeness (QED) is 0.688. The van der Waals surface area contributed by atoms with Crippen LogP contribution in [0.4, 0.5) is 4.39 Å². The minimum Gasteiger partial charge on any atom is -0.317 e. The van der Waals surface area contributed by atoms with Crippen LogP contribution in [0.5, 0.6) is 0 Å². The number of aryl methyl sites for hydroxylation is 1. The molecule has 1 aromatic rings. The summed E-state index contributed by atoms with van der Waals surface area (Å²) in [4.78, 5) is 0. The summed E-state index contributed by atoms with van der Waals surface area (Å²) in [5.74, 6) is -0.138. The first kappa shape index (κ1) is 10.2. The van der Waals surface area contributed by atoms with Crippen molar-refractivity contribution in [2.24, 2.45) is 0 Å². The third kappa shape index (κ3) is 4.04. The molecule has 0 bridgehead atoms. The Morgan fingerprint density at radius 2 is 2.23 bits per heavy atom. The zero-order valence-electron chi connectivity index (χ0n) is 8.02. The first-order valence-electron chi connectivity index (χ1n) is 4.78. The van der Waals surface area contributed by atoms with Crippen LogP contribution in [0.15, 0.2) is 24.3 Å². The Balaban J connectivity index is 2.28.